The molecule has 2 aromatic carbocycles. The first-order valence-corrected chi connectivity index (χ1v) is 11.6. The van der Waals surface area contributed by atoms with Crippen LogP contribution in [0, 0.1) is 6.92 Å². The Hall–Kier alpha value is -3.03. The molecule has 1 unspecified atom stereocenters. The summed E-state index contributed by atoms with van der Waals surface area (Å²) in [6.07, 6.45) is 1.84. The number of nitrogens with zero attached hydrogens (tertiary/aromatic N) is 2. The fourth-order valence-corrected chi connectivity index (χ4v) is 5.19. The minimum absolute atomic E-state index is 0.189. The third kappa shape index (κ3) is 4.18. The zero-order valence-electron chi connectivity index (χ0n) is 18.8. The van der Waals surface area contributed by atoms with E-state index in [1.54, 1.807) is 11.0 Å². The molecule has 0 radical (unpaired) electrons. The summed E-state index contributed by atoms with van der Waals surface area (Å²) in [5, 5.41) is 13.7. The number of aliphatic hydroxyl groups is 1. The van der Waals surface area contributed by atoms with Crippen LogP contribution in [-0.2, 0) is 28.3 Å². The molecule has 0 saturated carbocycles. The summed E-state index contributed by atoms with van der Waals surface area (Å²) < 4.78 is 0. The highest BCUT2D eigenvalue weighted by Crippen LogP contribution is 2.36. The molecule has 3 heterocycles. The highest BCUT2D eigenvalue weighted by Gasteiger charge is 2.40. The number of carbonyl (C=O) groups is 3. The van der Waals surface area contributed by atoms with Gasteiger partial charge in [0.1, 0.15) is 6.04 Å². The van der Waals surface area contributed by atoms with E-state index in [4.69, 9.17) is 0 Å². The Kier molecular flexibility index (Phi) is 5.54. The molecule has 0 bridgehead atoms. The standard InChI is InChI=1S/C26H29N3O4/c1-17-2-4-18(5-3-17)15-28-12-10-26(33,11-13-28)20-6-7-21-19(14-20)16-29(25(21)32)22-8-9-23(30)27-24(22)31/h2-7,14,22,33H,8-13,15-16H2,1H3,(H,27,30,31). The molecule has 1 atom stereocenters. The number of benzene rings is 2. The van der Waals surface area contributed by atoms with Crippen molar-refractivity contribution in [1.29, 1.82) is 0 Å². The molecule has 2 aromatic rings. The Bertz CT molecular complexity index is 1100. The number of aryl methyl sites for hydroxylation is 1. The second-order valence-electron chi connectivity index (χ2n) is 9.57. The molecule has 33 heavy (non-hydrogen) atoms. The predicted octanol–water partition coefficient (Wildman–Crippen LogP) is 2.24. The van der Waals surface area contributed by atoms with E-state index in [9.17, 15) is 19.5 Å². The number of hydrogen-bond donors (Lipinski definition) is 2. The Morgan fingerprint density at radius 2 is 1.79 bits per heavy atom. The van der Waals surface area contributed by atoms with Crippen molar-refractivity contribution in [2.45, 2.75) is 57.3 Å². The van der Waals surface area contributed by atoms with Crippen LogP contribution >= 0.6 is 0 Å². The van der Waals surface area contributed by atoms with Crippen LogP contribution in [0.15, 0.2) is 42.5 Å². The Balaban J connectivity index is 1.26. The van der Waals surface area contributed by atoms with Gasteiger partial charge in [-0.1, -0.05) is 42.0 Å². The van der Waals surface area contributed by atoms with Crippen LogP contribution in [0.25, 0.3) is 0 Å². The van der Waals surface area contributed by atoms with E-state index in [0.717, 1.165) is 30.8 Å². The number of fused-ring (bicyclic) bond motifs is 1. The molecule has 2 N–H and O–H groups in total. The first-order valence-electron chi connectivity index (χ1n) is 11.6. The van der Waals surface area contributed by atoms with Crippen molar-refractivity contribution < 1.29 is 19.5 Å². The van der Waals surface area contributed by atoms with Gasteiger partial charge < -0.3 is 10.0 Å². The van der Waals surface area contributed by atoms with Gasteiger partial charge in [0, 0.05) is 38.2 Å². The van der Waals surface area contributed by atoms with Gasteiger partial charge in [0.25, 0.3) is 5.91 Å². The van der Waals surface area contributed by atoms with Gasteiger partial charge in [-0.05, 0) is 48.9 Å². The molecule has 0 aromatic heterocycles. The number of likely N-dealkylation sites (tertiary alicyclic amines) is 1. The summed E-state index contributed by atoms with van der Waals surface area (Å²) >= 11 is 0. The van der Waals surface area contributed by atoms with E-state index in [1.165, 1.54) is 11.1 Å². The zero-order valence-corrected chi connectivity index (χ0v) is 18.8. The first-order chi connectivity index (χ1) is 15.8. The van der Waals surface area contributed by atoms with Crippen molar-refractivity contribution in [1.82, 2.24) is 15.1 Å². The average molecular weight is 448 g/mol. The number of amides is 3. The summed E-state index contributed by atoms with van der Waals surface area (Å²) in [5.41, 5.74) is 3.83. The lowest BCUT2D eigenvalue weighted by molar-refractivity contribution is -0.136. The van der Waals surface area contributed by atoms with E-state index in [0.29, 0.717) is 31.4 Å². The molecule has 3 aliphatic heterocycles. The highest BCUT2D eigenvalue weighted by molar-refractivity contribution is 6.05. The zero-order chi connectivity index (χ0) is 23.2. The fraction of sp³-hybridized carbons (Fsp3) is 0.423. The summed E-state index contributed by atoms with van der Waals surface area (Å²) in [4.78, 5) is 40.6. The molecule has 2 fully saturated rings. The number of rotatable bonds is 4. The normalized spacial score (nSPS) is 22.9. The van der Waals surface area contributed by atoms with Crippen molar-refractivity contribution in [3.8, 4) is 0 Å². The third-order valence-corrected chi connectivity index (χ3v) is 7.27. The average Bonchev–Trinajstić information content (AvgIpc) is 3.13. The summed E-state index contributed by atoms with van der Waals surface area (Å²) in [7, 11) is 0. The Morgan fingerprint density at radius 3 is 2.48 bits per heavy atom. The van der Waals surface area contributed by atoms with Crippen molar-refractivity contribution in [2.75, 3.05) is 13.1 Å². The van der Waals surface area contributed by atoms with Crippen LogP contribution in [0.2, 0.25) is 0 Å². The van der Waals surface area contributed by atoms with E-state index in [2.05, 4.69) is 41.4 Å². The van der Waals surface area contributed by atoms with Gasteiger partial charge in [0.15, 0.2) is 0 Å². The SMILES string of the molecule is Cc1ccc(CN2CCC(O)(c3ccc4c(c3)CN(C3CCC(=O)NC3=O)C4=O)CC2)cc1. The highest BCUT2D eigenvalue weighted by atomic mass is 16.3. The summed E-state index contributed by atoms with van der Waals surface area (Å²) in [6, 6.07) is 13.5. The molecule has 2 saturated heterocycles. The predicted molar refractivity (Wildman–Crippen MR) is 122 cm³/mol. The third-order valence-electron chi connectivity index (χ3n) is 7.27. The van der Waals surface area contributed by atoms with Crippen molar-refractivity contribution in [3.63, 3.8) is 0 Å². The second-order valence-corrected chi connectivity index (χ2v) is 9.57. The maximum Gasteiger partial charge on any atom is 0.255 e. The van der Waals surface area contributed by atoms with Gasteiger partial charge in [-0.25, -0.2) is 0 Å². The molecule has 172 valence electrons. The molecule has 0 spiro atoms. The van der Waals surface area contributed by atoms with Crippen molar-refractivity contribution >= 4 is 17.7 Å². The van der Waals surface area contributed by atoms with Crippen LogP contribution in [0.4, 0.5) is 0 Å². The van der Waals surface area contributed by atoms with Crippen molar-refractivity contribution in [2.24, 2.45) is 0 Å². The summed E-state index contributed by atoms with van der Waals surface area (Å²) in [5.74, 6) is -0.892. The minimum Gasteiger partial charge on any atom is -0.385 e. The van der Waals surface area contributed by atoms with Gasteiger partial charge >= 0.3 is 0 Å². The smallest absolute Gasteiger partial charge is 0.255 e. The fourth-order valence-electron chi connectivity index (χ4n) is 5.19. The molecular formula is C26H29N3O4. The van der Waals surface area contributed by atoms with Crippen molar-refractivity contribution in [3.05, 3.63) is 70.3 Å². The Labute approximate surface area is 193 Å². The Morgan fingerprint density at radius 1 is 1.06 bits per heavy atom. The van der Waals surface area contributed by atoms with Gasteiger partial charge in [-0.3, -0.25) is 24.6 Å². The van der Waals surface area contributed by atoms with Crippen LogP contribution in [0.3, 0.4) is 0 Å². The minimum atomic E-state index is -0.927. The topological polar surface area (TPSA) is 89.9 Å². The lowest BCUT2D eigenvalue weighted by Gasteiger charge is -2.38. The van der Waals surface area contributed by atoms with E-state index in [1.807, 2.05) is 12.1 Å². The van der Waals surface area contributed by atoms with Crippen LogP contribution in [0.1, 0.15) is 58.3 Å². The first kappa shape index (κ1) is 21.8. The van der Waals surface area contributed by atoms with Gasteiger partial charge in [-0.15, -0.1) is 0 Å². The molecular weight excluding hydrogens is 418 g/mol. The number of carbonyl (C=O) groups excluding carboxylic acids is 3. The second kappa shape index (κ2) is 8.39. The number of nitrogens with one attached hydrogen (secondary N) is 1. The van der Waals surface area contributed by atoms with Gasteiger partial charge in [-0.2, -0.15) is 0 Å². The number of hydrogen-bond acceptors (Lipinski definition) is 5. The monoisotopic (exact) mass is 447 g/mol. The lowest BCUT2D eigenvalue weighted by atomic mass is 9.83. The van der Waals surface area contributed by atoms with Crippen LogP contribution in [-0.4, -0.2) is 51.8 Å². The molecule has 0 aliphatic carbocycles. The van der Waals surface area contributed by atoms with Gasteiger partial charge in [0.2, 0.25) is 11.8 Å². The van der Waals surface area contributed by atoms with Crippen LogP contribution < -0.4 is 5.32 Å². The molecule has 7 nitrogen and oxygen atoms in total. The molecule has 3 aliphatic rings. The molecule has 3 amide bonds. The van der Waals surface area contributed by atoms with Gasteiger partial charge in [0.05, 0.1) is 5.60 Å². The largest absolute Gasteiger partial charge is 0.385 e. The maximum atomic E-state index is 12.9. The van der Waals surface area contributed by atoms with E-state index < -0.39 is 17.6 Å². The molecule has 5 rings (SSSR count). The maximum absolute atomic E-state index is 12.9. The van der Waals surface area contributed by atoms with Crippen LogP contribution in [0.5, 0.6) is 0 Å². The van der Waals surface area contributed by atoms with E-state index >= 15 is 0 Å². The quantitative estimate of drug-likeness (QED) is 0.702. The number of imide groups is 1. The molecule has 7 heteroatoms. The summed E-state index contributed by atoms with van der Waals surface area (Å²) in [6.45, 7) is 4.87. The lowest BCUT2D eigenvalue weighted by Crippen LogP contribution is -2.52. The number of piperidine rings is 2. The van der Waals surface area contributed by atoms with E-state index in [-0.39, 0.29) is 18.2 Å².